The SMILES string of the molecule is C[CH-]C.[W].[W].[W].[W].[W].[W].[W].[W].[W].[W].[W].[W]. The molecule has 0 saturated carbocycles. The Labute approximate surface area is 266 Å². The Balaban J connectivity index is -0.000000000303. The summed E-state index contributed by atoms with van der Waals surface area (Å²) in [6.45, 7) is 4.00. The Morgan fingerprint density at radius 3 is 0.333 bits per heavy atom. The van der Waals surface area contributed by atoms with Crippen LogP contribution < -0.4 is 0 Å². The minimum absolute atomic E-state index is 0. The van der Waals surface area contributed by atoms with Crippen molar-refractivity contribution in [3.05, 3.63) is 6.42 Å². The molecule has 0 amide bonds. The van der Waals surface area contributed by atoms with E-state index in [4.69, 9.17) is 0 Å². The van der Waals surface area contributed by atoms with Gasteiger partial charge in [0.15, 0.2) is 0 Å². The third-order valence-corrected chi connectivity index (χ3v) is 0. The van der Waals surface area contributed by atoms with E-state index in [1.807, 2.05) is 20.3 Å². The molecule has 0 heterocycles. The van der Waals surface area contributed by atoms with Crippen LogP contribution in [-0.2, 0) is 253 Å². The summed E-state index contributed by atoms with van der Waals surface area (Å²) < 4.78 is 0. The van der Waals surface area contributed by atoms with Crippen molar-refractivity contribution < 1.29 is 253 Å². The molecule has 0 aliphatic carbocycles. The van der Waals surface area contributed by atoms with Gasteiger partial charge in [-0.3, -0.25) is 0 Å². The van der Waals surface area contributed by atoms with Crippen molar-refractivity contribution in [1.82, 2.24) is 0 Å². The van der Waals surface area contributed by atoms with Gasteiger partial charge >= 0.3 is 0 Å². The van der Waals surface area contributed by atoms with Gasteiger partial charge in [0, 0.05) is 253 Å². The van der Waals surface area contributed by atoms with Gasteiger partial charge in [-0.25, -0.2) is 0 Å². The average molecular weight is 2250 g/mol. The topological polar surface area (TPSA) is 0 Å². The molecule has 0 atom stereocenters. The van der Waals surface area contributed by atoms with Crippen molar-refractivity contribution in [1.29, 1.82) is 0 Å². The van der Waals surface area contributed by atoms with Crippen molar-refractivity contribution in [3.8, 4) is 0 Å². The molecular weight excluding hydrogens is 2240 g/mol. The van der Waals surface area contributed by atoms with Crippen LogP contribution in [0.2, 0.25) is 0 Å². The third-order valence-electron chi connectivity index (χ3n) is 0. The van der Waals surface area contributed by atoms with Crippen LogP contribution in [0, 0.1) is 6.42 Å². The minimum Gasteiger partial charge on any atom is -0.335 e. The fourth-order valence-electron chi connectivity index (χ4n) is 0. The minimum atomic E-state index is 0. The van der Waals surface area contributed by atoms with Gasteiger partial charge in [0.25, 0.3) is 0 Å². The van der Waals surface area contributed by atoms with E-state index in [0.29, 0.717) is 0 Å². The van der Waals surface area contributed by atoms with Gasteiger partial charge in [0.2, 0.25) is 0 Å². The van der Waals surface area contributed by atoms with E-state index in [9.17, 15) is 0 Å². The van der Waals surface area contributed by atoms with Crippen LogP contribution in [-0.4, -0.2) is 0 Å². The molecule has 0 radical (unpaired) electrons. The van der Waals surface area contributed by atoms with Gasteiger partial charge in [0.1, 0.15) is 0 Å². The maximum atomic E-state index is 2.00. The maximum absolute atomic E-state index is 2.00. The number of hydrogen-bond acceptors (Lipinski definition) is 0. The zero-order valence-corrected chi connectivity index (χ0v) is 42.7. The number of rotatable bonds is 0. The summed E-state index contributed by atoms with van der Waals surface area (Å²) >= 11 is 0. The van der Waals surface area contributed by atoms with Crippen molar-refractivity contribution in [2.24, 2.45) is 0 Å². The molecule has 0 rings (SSSR count). The van der Waals surface area contributed by atoms with E-state index >= 15 is 0 Å². The van der Waals surface area contributed by atoms with E-state index in [1.54, 1.807) is 0 Å². The normalized spacial score (nSPS) is 1.20. The van der Waals surface area contributed by atoms with Gasteiger partial charge in [0.05, 0.1) is 0 Å². The largest absolute Gasteiger partial charge is 0.335 e. The molecule has 0 unspecified atom stereocenters. The fourth-order valence-corrected chi connectivity index (χ4v) is 0. The van der Waals surface area contributed by atoms with E-state index in [-0.39, 0.29) is 253 Å². The molecule has 0 aliphatic rings. The van der Waals surface area contributed by atoms with Gasteiger partial charge in [-0.2, -0.15) is 13.8 Å². The van der Waals surface area contributed by atoms with Crippen molar-refractivity contribution in [2.75, 3.05) is 0 Å². The Morgan fingerprint density at radius 2 is 0.333 bits per heavy atom. The quantitative estimate of drug-likeness (QED) is 0.321. The molecule has 0 aliphatic heterocycles. The van der Waals surface area contributed by atoms with Crippen molar-refractivity contribution >= 4 is 0 Å². The Hall–Kier alpha value is 8.26. The summed E-state index contributed by atoms with van der Waals surface area (Å²) in [6, 6.07) is 0. The second-order valence-corrected chi connectivity index (χ2v) is 0.577. The second-order valence-electron chi connectivity index (χ2n) is 0.577. The summed E-state index contributed by atoms with van der Waals surface area (Å²) in [5.41, 5.74) is 0. The predicted octanol–water partition coefficient (Wildman–Crippen LogP) is 1.20. The summed E-state index contributed by atoms with van der Waals surface area (Å²) in [5.74, 6) is 0. The molecule has 0 aromatic carbocycles. The summed E-state index contributed by atoms with van der Waals surface area (Å²) in [5, 5.41) is 0. The van der Waals surface area contributed by atoms with Gasteiger partial charge in [-0.15, -0.1) is 0 Å². The first-order valence-electron chi connectivity index (χ1n) is 1.15. The first kappa shape index (κ1) is 109. The average Bonchev–Trinajstić information content (AvgIpc) is 0.918. The Morgan fingerprint density at radius 1 is 0.333 bits per heavy atom. The molecule has 12 heteroatoms. The fraction of sp³-hybridized carbons (Fsp3) is 0.667. The summed E-state index contributed by atoms with van der Waals surface area (Å²) in [7, 11) is 0. The maximum Gasteiger partial charge on any atom is 0 e. The standard InChI is InChI=1S/C3H7.12W/c1-3-2;;;;;;;;;;;;/h3H,1-2H3;;;;;;;;;;;;/q-1;;;;;;;;;;;;. The van der Waals surface area contributed by atoms with E-state index in [0.717, 1.165) is 0 Å². The van der Waals surface area contributed by atoms with Gasteiger partial charge < -0.3 is 6.42 Å². The molecular formula is C3H7W12-. The third kappa shape index (κ3) is 134. The molecule has 0 nitrogen and oxygen atoms in total. The van der Waals surface area contributed by atoms with Gasteiger partial charge in [-0.1, -0.05) is 0 Å². The van der Waals surface area contributed by atoms with E-state index in [2.05, 4.69) is 0 Å². The Bertz CT molecular complexity index is 10.8. The molecule has 0 aromatic heterocycles. The molecule has 0 bridgehead atoms. The zero-order chi connectivity index (χ0) is 2.71. The Kier molecular flexibility index (Phi) is 856. The molecule has 92 valence electrons. The molecule has 0 N–H and O–H groups in total. The van der Waals surface area contributed by atoms with Crippen LogP contribution in [0.1, 0.15) is 13.8 Å². The van der Waals surface area contributed by atoms with Crippen LogP contribution in [0.3, 0.4) is 0 Å². The first-order chi connectivity index (χ1) is 1.41. The van der Waals surface area contributed by atoms with Crippen LogP contribution in [0.25, 0.3) is 0 Å². The molecule has 0 spiro atoms. The summed E-state index contributed by atoms with van der Waals surface area (Å²) in [4.78, 5) is 0. The molecule has 0 fully saturated rings. The zero-order valence-electron chi connectivity index (χ0n) is 7.48. The van der Waals surface area contributed by atoms with Crippen LogP contribution >= 0.6 is 0 Å². The van der Waals surface area contributed by atoms with Gasteiger partial charge in [-0.05, 0) is 0 Å². The second kappa shape index (κ2) is 117. The number of hydrogen-bond donors (Lipinski definition) is 0. The van der Waals surface area contributed by atoms with Crippen LogP contribution in [0.15, 0.2) is 0 Å². The smallest absolute Gasteiger partial charge is 0 e. The van der Waals surface area contributed by atoms with Crippen molar-refractivity contribution in [2.45, 2.75) is 13.8 Å². The summed E-state index contributed by atoms with van der Waals surface area (Å²) in [6.07, 6.45) is 2.00. The molecule has 0 saturated heterocycles. The van der Waals surface area contributed by atoms with Crippen molar-refractivity contribution in [3.63, 3.8) is 0 Å². The van der Waals surface area contributed by atoms with E-state index < -0.39 is 0 Å². The predicted molar refractivity (Wildman–Crippen MR) is 15.6 cm³/mol. The van der Waals surface area contributed by atoms with Crippen LogP contribution in [0.5, 0.6) is 0 Å². The molecule has 0 aromatic rings. The molecule has 15 heavy (non-hydrogen) atoms. The van der Waals surface area contributed by atoms with E-state index in [1.165, 1.54) is 0 Å². The monoisotopic (exact) mass is 2250 g/mol. The first-order valence-corrected chi connectivity index (χ1v) is 1.15. The van der Waals surface area contributed by atoms with Crippen LogP contribution in [0.4, 0.5) is 0 Å².